The Kier molecular flexibility index (Phi) is 4.68. The van der Waals surface area contributed by atoms with Gasteiger partial charge in [0.05, 0.1) is 12.5 Å². The smallest absolute Gasteiger partial charge is 0.323 e. The largest absolute Gasteiger partial charge is 0.480 e. The number of likely N-dealkylation sites (tertiary alicyclic amines) is 1. The lowest BCUT2D eigenvalue weighted by molar-refractivity contribution is -0.146. The third-order valence-electron chi connectivity index (χ3n) is 3.77. The zero-order chi connectivity index (χ0) is 14.8. The molecule has 0 aromatic heterocycles. The SMILES string of the molecule is CCC(CC)(NC1CC(=O)N(C(C)C)C1=O)C(=O)O. The minimum Gasteiger partial charge on any atom is -0.480 e. The predicted molar refractivity (Wildman–Crippen MR) is 69.5 cm³/mol. The molecule has 6 nitrogen and oxygen atoms in total. The maximum atomic E-state index is 12.1. The van der Waals surface area contributed by atoms with Gasteiger partial charge in [-0.1, -0.05) is 13.8 Å². The lowest BCUT2D eigenvalue weighted by atomic mass is 9.91. The molecule has 0 saturated carbocycles. The van der Waals surface area contributed by atoms with Crippen LogP contribution in [0.25, 0.3) is 0 Å². The van der Waals surface area contributed by atoms with Crippen LogP contribution in [0.1, 0.15) is 47.0 Å². The van der Waals surface area contributed by atoms with E-state index in [0.29, 0.717) is 12.8 Å². The Hall–Kier alpha value is -1.43. The fourth-order valence-electron chi connectivity index (χ4n) is 2.46. The first kappa shape index (κ1) is 15.6. The molecule has 1 aliphatic rings. The van der Waals surface area contributed by atoms with Crippen molar-refractivity contribution in [3.05, 3.63) is 0 Å². The Morgan fingerprint density at radius 3 is 2.26 bits per heavy atom. The van der Waals surface area contributed by atoms with Crippen LogP contribution in [0.4, 0.5) is 0 Å². The van der Waals surface area contributed by atoms with Crippen molar-refractivity contribution in [3.63, 3.8) is 0 Å². The fraction of sp³-hybridized carbons (Fsp3) is 0.769. The number of hydrogen-bond donors (Lipinski definition) is 2. The summed E-state index contributed by atoms with van der Waals surface area (Å²) in [7, 11) is 0. The van der Waals surface area contributed by atoms with E-state index in [1.165, 1.54) is 4.90 Å². The number of carboxylic acid groups (broad SMARTS) is 1. The molecule has 2 amide bonds. The highest BCUT2D eigenvalue weighted by atomic mass is 16.4. The van der Waals surface area contributed by atoms with Crippen LogP contribution in [0.15, 0.2) is 0 Å². The van der Waals surface area contributed by atoms with Gasteiger partial charge < -0.3 is 5.11 Å². The second kappa shape index (κ2) is 5.69. The van der Waals surface area contributed by atoms with Crippen LogP contribution in [-0.2, 0) is 14.4 Å². The van der Waals surface area contributed by atoms with Gasteiger partial charge in [0.2, 0.25) is 11.8 Å². The molecule has 1 saturated heterocycles. The van der Waals surface area contributed by atoms with Crippen molar-refractivity contribution in [2.45, 2.75) is 64.6 Å². The Morgan fingerprint density at radius 1 is 1.42 bits per heavy atom. The number of carbonyl (C=O) groups excluding carboxylic acids is 2. The van der Waals surface area contributed by atoms with Crippen LogP contribution in [0.2, 0.25) is 0 Å². The van der Waals surface area contributed by atoms with E-state index in [1.54, 1.807) is 27.7 Å². The molecule has 0 spiro atoms. The molecular weight excluding hydrogens is 248 g/mol. The molecule has 108 valence electrons. The van der Waals surface area contributed by atoms with E-state index in [-0.39, 0.29) is 24.3 Å². The van der Waals surface area contributed by atoms with Crippen LogP contribution in [0, 0.1) is 0 Å². The van der Waals surface area contributed by atoms with Crippen molar-refractivity contribution >= 4 is 17.8 Å². The number of amides is 2. The average molecular weight is 270 g/mol. The summed E-state index contributed by atoms with van der Waals surface area (Å²) in [6.45, 7) is 7.04. The molecule has 1 aliphatic heterocycles. The van der Waals surface area contributed by atoms with Gasteiger partial charge in [0.25, 0.3) is 0 Å². The molecule has 1 rings (SSSR count). The second-order valence-electron chi connectivity index (χ2n) is 5.19. The van der Waals surface area contributed by atoms with Gasteiger partial charge in [-0.3, -0.25) is 24.6 Å². The normalized spacial score (nSPS) is 20.5. The summed E-state index contributed by atoms with van der Waals surface area (Å²) in [4.78, 5) is 36.5. The molecule has 1 heterocycles. The zero-order valence-corrected chi connectivity index (χ0v) is 11.9. The molecule has 6 heteroatoms. The van der Waals surface area contributed by atoms with Gasteiger partial charge in [0, 0.05) is 6.04 Å². The highest BCUT2D eigenvalue weighted by molar-refractivity contribution is 6.06. The number of nitrogens with zero attached hydrogens (tertiary/aromatic N) is 1. The minimum atomic E-state index is -1.15. The number of imide groups is 1. The summed E-state index contributed by atoms with van der Waals surface area (Å²) in [5, 5.41) is 12.2. The molecular formula is C13H22N2O4. The lowest BCUT2D eigenvalue weighted by Crippen LogP contribution is -2.57. The van der Waals surface area contributed by atoms with Gasteiger partial charge in [-0.25, -0.2) is 0 Å². The average Bonchev–Trinajstić information content (AvgIpc) is 2.60. The quantitative estimate of drug-likeness (QED) is 0.696. The van der Waals surface area contributed by atoms with E-state index in [2.05, 4.69) is 5.32 Å². The third kappa shape index (κ3) is 2.78. The topological polar surface area (TPSA) is 86.7 Å². The highest BCUT2D eigenvalue weighted by Gasteiger charge is 2.45. The van der Waals surface area contributed by atoms with Gasteiger partial charge in [-0.15, -0.1) is 0 Å². The van der Waals surface area contributed by atoms with Gasteiger partial charge >= 0.3 is 5.97 Å². The number of carbonyl (C=O) groups is 3. The molecule has 2 N–H and O–H groups in total. The highest BCUT2D eigenvalue weighted by Crippen LogP contribution is 2.22. The molecule has 0 aromatic rings. The molecule has 0 aliphatic carbocycles. The van der Waals surface area contributed by atoms with Gasteiger partial charge in [-0.05, 0) is 26.7 Å². The predicted octanol–water partition coefficient (Wildman–Crippen LogP) is 0.755. The van der Waals surface area contributed by atoms with E-state index in [0.717, 1.165) is 0 Å². The number of rotatable bonds is 6. The van der Waals surface area contributed by atoms with Crippen molar-refractivity contribution in [2.75, 3.05) is 0 Å². The van der Waals surface area contributed by atoms with Crippen molar-refractivity contribution in [2.24, 2.45) is 0 Å². The Bertz CT molecular complexity index is 388. The van der Waals surface area contributed by atoms with Crippen LogP contribution in [-0.4, -0.2) is 45.4 Å². The summed E-state index contributed by atoms with van der Waals surface area (Å²) in [5.74, 6) is -1.56. The van der Waals surface area contributed by atoms with E-state index < -0.39 is 17.6 Å². The number of nitrogens with one attached hydrogen (secondary N) is 1. The van der Waals surface area contributed by atoms with Crippen LogP contribution in [0.3, 0.4) is 0 Å². The molecule has 1 fully saturated rings. The third-order valence-corrected chi connectivity index (χ3v) is 3.77. The number of carboxylic acids is 1. The standard InChI is InChI=1S/C13H22N2O4/c1-5-13(6-2,12(18)19)14-9-7-10(16)15(8(3)4)11(9)17/h8-9,14H,5-7H2,1-4H3,(H,18,19). The van der Waals surface area contributed by atoms with E-state index in [4.69, 9.17) is 0 Å². The Morgan fingerprint density at radius 2 is 1.95 bits per heavy atom. The maximum Gasteiger partial charge on any atom is 0.323 e. The van der Waals surface area contributed by atoms with Gasteiger partial charge in [-0.2, -0.15) is 0 Å². The minimum absolute atomic E-state index is 0.0338. The number of hydrogen-bond acceptors (Lipinski definition) is 4. The first-order chi connectivity index (χ1) is 8.79. The fourth-order valence-corrected chi connectivity index (χ4v) is 2.46. The van der Waals surface area contributed by atoms with Crippen LogP contribution >= 0.6 is 0 Å². The van der Waals surface area contributed by atoms with Crippen molar-refractivity contribution in [1.82, 2.24) is 10.2 Å². The summed E-state index contributed by atoms with van der Waals surface area (Å²) >= 11 is 0. The van der Waals surface area contributed by atoms with Crippen LogP contribution in [0.5, 0.6) is 0 Å². The van der Waals surface area contributed by atoms with E-state index >= 15 is 0 Å². The molecule has 0 bridgehead atoms. The summed E-state index contributed by atoms with van der Waals surface area (Å²) in [6.07, 6.45) is 0.753. The zero-order valence-electron chi connectivity index (χ0n) is 11.9. The second-order valence-corrected chi connectivity index (χ2v) is 5.19. The molecule has 1 unspecified atom stereocenters. The first-order valence-electron chi connectivity index (χ1n) is 6.66. The van der Waals surface area contributed by atoms with E-state index in [9.17, 15) is 19.5 Å². The van der Waals surface area contributed by atoms with Crippen LogP contribution < -0.4 is 5.32 Å². The van der Waals surface area contributed by atoms with Crippen molar-refractivity contribution in [3.8, 4) is 0 Å². The van der Waals surface area contributed by atoms with Crippen molar-refractivity contribution < 1.29 is 19.5 Å². The first-order valence-corrected chi connectivity index (χ1v) is 6.66. The van der Waals surface area contributed by atoms with E-state index in [1.807, 2.05) is 0 Å². The van der Waals surface area contributed by atoms with Gasteiger partial charge in [0.15, 0.2) is 0 Å². The summed E-state index contributed by atoms with van der Waals surface area (Å²) in [6, 6.07) is -0.930. The maximum absolute atomic E-state index is 12.1. The Labute approximate surface area is 113 Å². The molecule has 19 heavy (non-hydrogen) atoms. The van der Waals surface area contributed by atoms with Crippen molar-refractivity contribution in [1.29, 1.82) is 0 Å². The Balaban J connectivity index is 2.92. The van der Waals surface area contributed by atoms with Gasteiger partial charge in [0.1, 0.15) is 5.54 Å². The molecule has 0 aromatic carbocycles. The lowest BCUT2D eigenvalue weighted by Gasteiger charge is -2.31. The summed E-state index contributed by atoms with van der Waals surface area (Å²) < 4.78 is 0. The number of aliphatic carboxylic acids is 1. The monoisotopic (exact) mass is 270 g/mol. The molecule has 0 radical (unpaired) electrons. The molecule has 1 atom stereocenters. The summed E-state index contributed by atoms with van der Waals surface area (Å²) in [5.41, 5.74) is -1.15.